The van der Waals surface area contributed by atoms with E-state index >= 15 is 0 Å². The van der Waals surface area contributed by atoms with E-state index in [2.05, 4.69) is 0 Å². The van der Waals surface area contributed by atoms with Crippen molar-refractivity contribution >= 4 is 15.7 Å². The van der Waals surface area contributed by atoms with Gasteiger partial charge >= 0.3 is 0 Å². The van der Waals surface area contributed by atoms with Gasteiger partial charge in [0.15, 0.2) is 9.84 Å². The first kappa shape index (κ1) is 25.2. The molecule has 0 radical (unpaired) electrons. The monoisotopic (exact) mass is 464 g/mol. The first-order valence-electron chi connectivity index (χ1n) is 12.2. The predicted octanol–water partition coefficient (Wildman–Crippen LogP) is 3.67. The molecule has 7 heteroatoms. The number of amides is 1. The molecule has 2 aliphatic rings. The SMILES string of the molecule is CCCS(=O)(=O)Cc1ccccc1COCC1CCC([C@H](N)C(=O)N(C)C2CCC2)CC1. The van der Waals surface area contributed by atoms with Gasteiger partial charge in [-0.25, -0.2) is 8.42 Å². The Labute approximate surface area is 193 Å². The summed E-state index contributed by atoms with van der Waals surface area (Å²) in [5.74, 6) is 1.11. The summed E-state index contributed by atoms with van der Waals surface area (Å²) < 4.78 is 30.5. The first-order valence-corrected chi connectivity index (χ1v) is 14.0. The summed E-state index contributed by atoms with van der Waals surface area (Å²) in [4.78, 5) is 14.6. The van der Waals surface area contributed by atoms with Crippen LogP contribution in [0.5, 0.6) is 0 Å². The van der Waals surface area contributed by atoms with Gasteiger partial charge in [-0.2, -0.15) is 0 Å². The van der Waals surface area contributed by atoms with Gasteiger partial charge in [0.05, 0.1) is 24.2 Å². The Bertz CT molecular complexity index is 845. The van der Waals surface area contributed by atoms with Gasteiger partial charge < -0.3 is 15.4 Å². The summed E-state index contributed by atoms with van der Waals surface area (Å²) in [6.45, 7) is 2.98. The van der Waals surface area contributed by atoms with Crippen molar-refractivity contribution in [2.45, 2.75) is 82.7 Å². The van der Waals surface area contributed by atoms with Crippen LogP contribution in [0.25, 0.3) is 0 Å². The number of ether oxygens (including phenoxy) is 1. The molecule has 2 fully saturated rings. The minimum Gasteiger partial charge on any atom is -0.376 e. The highest BCUT2D eigenvalue weighted by Crippen LogP contribution is 2.32. The normalized spacial score (nSPS) is 22.8. The minimum absolute atomic E-state index is 0.0761. The Kier molecular flexibility index (Phi) is 9.14. The second-order valence-corrected chi connectivity index (χ2v) is 11.9. The average molecular weight is 465 g/mol. The number of rotatable bonds is 11. The van der Waals surface area contributed by atoms with Crippen LogP contribution in [0.15, 0.2) is 24.3 Å². The molecule has 180 valence electrons. The minimum atomic E-state index is -3.08. The first-order chi connectivity index (χ1) is 15.3. The van der Waals surface area contributed by atoms with Crippen LogP contribution in [-0.4, -0.2) is 50.7 Å². The summed E-state index contributed by atoms with van der Waals surface area (Å²) >= 11 is 0. The molecule has 0 saturated heterocycles. The third-order valence-electron chi connectivity index (χ3n) is 7.27. The van der Waals surface area contributed by atoms with Gasteiger partial charge in [0, 0.05) is 19.7 Å². The van der Waals surface area contributed by atoms with Gasteiger partial charge in [0.25, 0.3) is 0 Å². The van der Waals surface area contributed by atoms with Crippen molar-refractivity contribution in [3.8, 4) is 0 Å². The molecule has 6 nitrogen and oxygen atoms in total. The van der Waals surface area contributed by atoms with Crippen LogP contribution >= 0.6 is 0 Å². The standard InChI is InChI=1S/C25H40N2O4S/c1-3-15-32(29,30)18-22-8-5-4-7-21(22)17-31-16-19-11-13-20(14-12-19)24(26)25(28)27(2)23-9-6-10-23/h4-5,7-8,19-20,23-24H,3,6,9-18,26H2,1-2H3/t19?,20?,24-/m0/s1. The highest BCUT2D eigenvalue weighted by atomic mass is 32.2. The van der Waals surface area contributed by atoms with E-state index in [-0.39, 0.29) is 29.4 Å². The Hall–Kier alpha value is -1.44. The highest BCUT2D eigenvalue weighted by Gasteiger charge is 2.34. The molecule has 0 aliphatic heterocycles. The molecule has 1 amide bonds. The molecule has 0 unspecified atom stereocenters. The number of benzene rings is 1. The molecule has 2 aliphatic carbocycles. The smallest absolute Gasteiger partial charge is 0.239 e. The number of nitrogens with two attached hydrogens (primary N) is 1. The Morgan fingerprint density at radius 3 is 2.38 bits per heavy atom. The zero-order valence-electron chi connectivity index (χ0n) is 19.7. The lowest BCUT2D eigenvalue weighted by Crippen LogP contribution is -2.52. The van der Waals surface area contributed by atoms with Crippen LogP contribution < -0.4 is 5.73 Å². The van der Waals surface area contributed by atoms with Crippen molar-refractivity contribution in [2.24, 2.45) is 17.6 Å². The maximum absolute atomic E-state index is 12.7. The second kappa shape index (κ2) is 11.6. The Morgan fingerprint density at radius 2 is 1.78 bits per heavy atom. The van der Waals surface area contributed by atoms with Crippen LogP contribution in [0.3, 0.4) is 0 Å². The Morgan fingerprint density at radius 1 is 1.12 bits per heavy atom. The third-order valence-corrected chi connectivity index (χ3v) is 9.06. The van der Waals surface area contributed by atoms with Gasteiger partial charge in [0.1, 0.15) is 0 Å². The van der Waals surface area contributed by atoms with E-state index in [1.807, 2.05) is 43.1 Å². The van der Waals surface area contributed by atoms with E-state index in [1.54, 1.807) is 0 Å². The van der Waals surface area contributed by atoms with Crippen LogP contribution in [0.1, 0.15) is 69.4 Å². The summed E-state index contributed by atoms with van der Waals surface area (Å²) in [6, 6.07) is 7.65. The third kappa shape index (κ3) is 6.78. The maximum atomic E-state index is 12.7. The Balaban J connectivity index is 1.42. The predicted molar refractivity (Wildman–Crippen MR) is 128 cm³/mol. The van der Waals surface area contributed by atoms with E-state index in [9.17, 15) is 13.2 Å². The van der Waals surface area contributed by atoms with E-state index in [1.165, 1.54) is 6.42 Å². The van der Waals surface area contributed by atoms with Gasteiger partial charge in [-0.05, 0) is 74.3 Å². The maximum Gasteiger partial charge on any atom is 0.239 e. The molecule has 32 heavy (non-hydrogen) atoms. The quantitative estimate of drug-likeness (QED) is 0.540. The van der Waals surface area contributed by atoms with Gasteiger partial charge in [-0.1, -0.05) is 31.2 Å². The zero-order valence-corrected chi connectivity index (χ0v) is 20.5. The summed E-state index contributed by atoms with van der Waals surface area (Å²) in [5, 5.41) is 0. The molecule has 1 aromatic rings. The average Bonchev–Trinajstić information content (AvgIpc) is 2.73. The van der Waals surface area contributed by atoms with E-state index in [0.717, 1.165) is 49.7 Å². The number of nitrogens with zero attached hydrogens (tertiary/aromatic N) is 1. The van der Waals surface area contributed by atoms with E-state index < -0.39 is 9.84 Å². The van der Waals surface area contributed by atoms with Crippen molar-refractivity contribution in [2.75, 3.05) is 19.4 Å². The van der Waals surface area contributed by atoms with Crippen LogP contribution in [0, 0.1) is 11.8 Å². The molecule has 2 N–H and O–H groups in total. The number of carbonyl (C=O) groups excluding carboxylic acids is 1. The fourth-order valence-electron chi connectivity index (χ4n) is 4.90. The number of hydrogen-bond donors (Lipinski definition) is 1. The fourth-order valence-corrected chi connectivity index (χ4v) is 6.42. The molecule has 0 bridgehead atoms. The largest absolute Gasteiger partial charge is 0.376 e. The number of hydrogen-bond acceptors (Lipinski definition) is 5. The molecule has 1 aromatic carbocycles. The van der Waals surface area contributed by atoms with Crippen molar-refractivity contribution in [3.63, 3.8) is 0 Å². The lowest BCUT2D eigenvalue weighted by atomic mass is 9.78. The molecular formula is C25H40N2O4S. The summed E-state index contributed by atoms with van der Waals surface area (Å²) in [5.41, 5.74) is 8.14. The van der Waals surface area contributed by atoms with Crippen molar-refractivity contribution in [3.05, 3.63) is 35.4 Å². The molecule has 3 rings (SSSR count). The van der Waals surface area contributed by atoms with Crippen molar-refractivity contribution in [1.29, 1.82) is 0 Å². The van der Waals surface area contributed by atoms with Crippen LogP contribution in [0.4, 0.5) is 0 Å². The van der Waals surface area contributed by atoms with Crippen molar-refractivity contribution in [1.82, 2.24) is 4.90 Å². The lowest BCUT2D eigenvalue weighted by Gasteiger charge is -2.38. The summed E-state index contributed by atoms with van der Waals surface area (Å²) in [7, 11) is -1.18. The van der Waals surface area contributed by atoms with E-state index in [4.69, 9.17) is 10.5 Å². The second-order valence-electron chi connectivity index (χ2n) is 9.72. The molecule has 0 aromatic heterocycles. The lowest BCUT2D eigenvalue weighted by molar-refractivity contribution is -0.136. The molecule has 0 heterocycles. The van der Waals surface area contributed by atoms with Crippen molar-refractivity contribution < 1.29 is 17.9 Å². The zero-order chi connectivity index (χ0) is 23.1. The molecular weight excluding hydrogens is 424 g/mol. The number of sulfone groups is 1. The van der Waals surface area contributed by atoms with Gasteiger partial charge in [-0.15, -0.1) is 0 Å². The number of carbonyl (C=O) groups is 1. The van der Waals surface area contributed by atoms with E-state index in [0.29, 0.717) is 31.6 Å². The summed E-state index contributed by atoms with van der Waals surface area (Å²) in [6.07, 6.45) is 8.02. The topological polar surface area (TPSA) is 89.7 Å². The molecule has 0 spiro atoms. The highest BCUT2D eigenvalue weighted by molar-refractivity contribution is 7.90. The van der Waals surface area contributed by atoms with Gasteiger partial charge in [0.2, 0.25) is 5.91 Å². The molecule has 1 atom stereocenters. The fraction of sp³-hybridized carbons (Fsp3) is 0.720. The van der Waals surface area contributed by atoms with Crippen LogP contribution in [0.2, 0.25) is 0 Å². The molecule has 2 saturated carbocycles. The van der Waals surface area contributed by atoms with Gasteiger partial charge in [-0.3, -0.25) is 4.79 Å². The van der Waals surface area contributed by atoms with Crippen LogP contribution in [-0.2, 0) is 31.7 Å². The number of likely N-dealkylation sites (N-methyl/N-ethyl adjacent to an activating group) is 1.